The first-order valence-electron chi connectivity index (χ1n) is 8.50. The van der Waals surface area contributed by atoms with E-state index in [1.807, 2.05) is 13.2 Å². The van der Waals surface area contributed by atoms with Gasteiger partial charge in [0, 0.05) is 30.2 Å². The summed E-state index contributed by atoms with van der Waals surface area (Å²) in [6.45, 7) is 2.16. The van der Waals surface area contributed by atoms with Gasteiger partial charge in [-0.05, 0) is 48.6 Å². The topological polar surface area (TPSA) is 24.9 Å². The molecule has 2 nitrogen and oxygen atoms in total. The van der Waals surface area contributed by atoms with Crippen molar-refractivity contribution in [3.63, 3.8) is 0 Å². The van der Waals surface area contributed by atoms with Crippen LogP contribution in [-0.4, -0.2) is 12.0 Å². The molecule has 1 aliphatic carbocycles. The number of rotatable bonds is 4. The van der Waals surface area contributed by atoms with Crippen LogP contribution in [0.25, 0.3) is 11.1 Å². The molecule has 0 unspecified atom stereocenters. The molecule has 2 aromatic rings. The predicted molar refractivity (Wildman–Crippen MR) is 94.2 cm³/mol. The Morgan fingerprint density at radius 2 is 1.91 bits per heavy atom. The van der Waals surface area contributed by atoms with Crippen molar-refractivity contribution in [2.45, 2.75) is 45.4 Å². The highest BCUT2D eigenvalue weighted by Crippen LogP contribution is 2.28. The van der Waals surface area contributed by atoms with Gasteiger partial charge in [-0.15, -0.1) is 0 Å². The van der Waals surface area contributed by atoms with Crippen molar-refractivity contribution in [3.05, 3.63) is 47.8 Å². The third kappa shape index (κ3) is 3.49. The highest BCUT2D eigenvalue weighted by atomic mass is 14.8. The molecule has 1 aliphatic rings. The van der Waals surface area contributed by atoms with Crippen molar-refractivity contribution in [2.24, 2.45) is 5.92 Å². The molecule has 1 heterocycles. The van der Waals surface area contributed by atoms with Gasteiger partial charge in [0.15, 0.2) is 0 Å². The van der Waals surface area contributed by atoms with E-state index in [4.69, 9.17) is 4.98 Å². The lowest BCUT2D eigenvalue weighted by Crippen LogP contribution is -2.10. The SMILES string of the molecule is CNc1ccc(C)c(-c2ccc(CC3CCCCC3)nc2)c1. The Labute approximate surface area is 134 Å². The summed E-state index contributed by atoms with van der Waals surface area (Å²) in [7, 11) is 1.96. The molecule has 1 aromatic carbocycles. The summed E-state index contributed by atoms with van der Waals surface area (Å²) in [5.41, 5.74) is 6.16. The van der Waals surface area contributed by atoms with Gasteiger partial charge < -0.3 is 5.32 Å². The van der Waals surface area contributed by atoms with Crippen molar-refractivity contribution in [1.29, 1.82) is 0 Å². The second-order valence-electron chi connectivity index (χ2n) is 6.53. The Hall–Kier alpha value is -1.83. The lowest BCUT2D eigenvalue weighted by atomic mass is 9.86. The van der Waals surface area contributed by atoms with E-state index >= 15 is 0 Å². The molecule has 1 N–H and O–H groups in total. The summed E-state index contributed by atoms with van der Waals surface area (Å²) >= 11 is 0. The van der Waals surface area contributed by atoms with E-state index in [9.17, 15) is 0 Å². The van der Waals surface area contributed by atoms with Crippen LogP contribution in [0.3, 0.4) is 0 Å². The van der Waals surface area contributed by atoms with Crippen molar-refractivity contribution in [1.82, 2.24) is 4.98 Å². The average Bonchev–Trinajstić information content (AvgIpc) is 2.57. The van der Waals surface area contributed by atoms with Gasteiger partial charge in [0.1, 0.15) is 0 Å². The lowest BCUT2D eigenvalue weighted by molar-refractivity contribution is 0.354. The summed E-state index contributed by atoms with van der Waals surface area (Å²) in [4.78, 5) is 4.73. The first-order valence-corrected chi connectivity index (χ1v) is 8.50. The van der Waals surface area contributed by atoms with E-state index in [0.717, 1.165) is 18.0 Å². The predicted octanol–water partition coefficient (Wildman–Crippen LogP) is 5.22. The van der Waals surface area contributed by atoms with Crippen LogP contribution in [0.1, 0.15) is 43.4 Å². The molecule has 0 aliphatic heterocycles. The Bertz CT molecular complexity index is 610. The zero-order valence-electron chi connectivity index (χ0n) is 13.7. The van der Waals surface area contributed by atoms with Crippen LogP contribution in [0.5, 0.6) is 0 Å². The number of pyridine rings is 1. The maximum Gasteiger partial charge on any atom is 0.0406 e. The fourth-order valence-electron chi connectivity index (χ4n) is 3.48. The second-order valence-corrected chi connectivity index (χ2v) is 6.53. The number of nitrogens with one attached hydrogen (secondary N) is 1. The Balaban J connectivity index is 1.76. The highest BCUT2D eigenvalue weighted by molar-refractivity contribution is 5.70. The van der Waals surface area contributed by atoms with Crippen molar-refractivity contribution >= 4 is 5.69 Å². The quantitative estimate of drug-likeness (QED) is 0.836. The Morgan fingerprint density at radius 3 is 2.59 bits per heavy atom. The minimum Gasteiger partial charge on any atom is -0.388 e. The number of aryl methyl sites for hydroxylation is 1. The molecule has 116 valence electrons. The van der Waals surface area contributed by atoms with Crippen LogP contribution in [0.4, 0.5) is 5.69 Å². The molecule has 3 rings (SSSR count). The van der Waals surface area contributed by atoms with Crippen LogP contribution < -0.4 is 5.32 Å². The maximum atomic E-state index is 4.73. The number of benzene rings is 1. The Kier molecular flexibility index (Phi) is 4.77. The third-order valence-corrected chi connectivity index (χ3v) is 4.88. The molecule has 1 fully saturated rings. The van der Waals surface area contributed by atoms with Gasteiger partial charge >= 0.3 is 0 Å². The van der Waals surface area contributed by atoms with Crippen LogP contribution >= 0.6 is 0 Å². The zero-order chi connectivity index (χ0) is 15.4. The zero-order valence-corrected chi connectivity index (χ0v) is 13.7. The maximum absolute atomic E-state index is 4.73. The van der Waals surface area contributed by atoms with Crippen LogP contribution in [0.2, 0.25) is 0 Å². The number of aromatic nitrogens is 1. The van der Waals surface area contributed by atoms with Gasteiger partial charge in [0.2, 0.25) is 0 Å². The summed E-state index contributed by atoms with van der Waals surface area (Å²) in [6, 6.07) is 10.9. The number of nitrogens with zero attached hydrogens (tertiary/aromatic N) is 1. The van der Waals surface area contributed by atoms with Gasteiger partial charge in [-0.1, -0.05) is 44.2 Å². The van der Waals surface area contributed by atoms with Gasteiger partial charge in [0.25, 0.3) is 0 Å². The van der Waals surface area contributed by atoms with Crippen LogP contribution in [0.15, 0.2) is 36.5 Å². The van der Waals surface area contributed by atoms with E-state index in [-0.39, 0.29) is 0 Å². The normalized spacial score (nSPS) is 15.7. The molecular formula is C20H26N2. The molecule has 0 saturated heterocycles. The standard InChI is InChI=1S/C20H26N2/c1-15-8-10-18(21-2)13-20(15)17-9-11-19(22-14-17)12-16-6-4-3-5-7-16/h8-11,13-14,16,21H,3-7,12H2,1-2H3. The fraction of sp³-hybridized carbons (Fsp3) is 0.450. The van der Waals surface area contributed by atoms with Crippen LogP contribution in [0, 0.1) is 12.8 Å². The van der Waals surface area contributed by atoms with E-state index < -0.39 is 0 Å². The van der Waals surface area contributed by atoms with Crippen molar-refractivity contribution in [3.8, 4) is 11.1 Å². The second kappa shape index (κ2) is 6.95. The summed E-state index contributed by atoms with van der Waals surface area (Å²) < 4.78 is 0. The molecular weight excluding hydrogens is 268 g/mol. The van der Waals surface area contributed by atoms with E-state index in [1.165, 1.54) is 54.5 Å². The van der Waals surface area contributed by atoms with Gasteiger partial charge in [-0.3, -0.25) is 4.98 Å². The minimum absolute atomic E-state index is 0.849. The highest BCUT2D eigenvalue weighted by Gasteiger charge is 2.14. The Morgan fingerprint density at radius 1 is 1.09 bits per heavy atom. The average molecular weight is 294 g/mol. The summed E-state index contributed by atoms with van der Waals surface area (Å²) in [5, 5.41) is 3.21. The van der Waals surface area contributed by atoms with Crippen molar-refractivity contribution in [2.75, 3.05) is 12.4 Å². The molecule has 0 amide bonds. The largest absolute Gasteiger partial charge is 0.388 e. The number of anilines is 1. The van der Waals surface area contributed by atoms with Crippen molar-refractivity contribution < 1.29 is 0 Å². The first-order chi connectivity index (χ1) is 10.8. The lowest BCUT2D eigenvalue weighted by Gasteiger charge is -2.21. The van der Waals surface area contributed by atoms with Gasteiger partial charge in [0.05, 0.1) is 0 Å². The number of hydrogen-bond donors (Lipinski definition) is 1. The molecule has 0 spiro atoms. The third-order valence-electron chi connectivity index (χ3n) is 4.88. The molecule has 0 atom stereocenters. The smallest absolute Gasteiger partial charge is 0.0406 e. The summed E-state index contributed by atoms with van der Waals surface area (Å²) in [6.07, 6.45) is 10.2. The monoisotopic (exact) mass is 294 g/mol. The van der Waals surface area contributed by atoms with Gasteiger partial charge in [-0.25, -0.2) is 0 Å². The van der Waals surface area contributed by atoms with Gasteiger partial charge in [-0.2, -0.15) is 0 Å². The molecule has 0 radical (unpaired) electrons. The first kappa shape index (κ1) is 15.1. The number of hydrogen-bond acceptors (Lipinski definition) is 2. The molecule has 1 aromatic heterocycles. The molecule has 0 bridgehead atoms. The van der Waals surface area contributed by atoms with Crippen LogP contribution in [-0.2, 0) is 6.42 Å². The molecule has 22 heavy (non-hydrogen) atoms. The molecule has 1 saturated carbocycles. The summed E-state index contributed by atoms with van der Waals surface area (Å²) in [5.74, 6) is 0.849. The van der Waals surface area contributed by atoms with E-state index in [2.05, 4.69) is 42.6 Å². The minimum atomic E-state index is 0.849. The van der Waals surface area contributed by atoms with E-state index in [0.29, 0.717) is 0 Å². The molecule has 2 heteroatoms. The van der Waals surface area contributed by atoms with E-state index in [1.54, 1.807) is 0 Å². The fourth-order valence-corrected chi connectivity index (χ4v) is 3.48.